The number of hydrogen-bond donors (Lipinski definition) is 0. The van der Waals surface area contributed by atoms with Crippen molar-refractivity contribution in [3.8, 4) is 0 Å². The van der Waals surface area contributed by atoms with Gasteiger partial charge in [-0.25, -0.2) is 0 Å². The number of aryl methyl sites for hydroxylation is 1. The number of pyridine rings is 1. The van der Waals surface area contributed by atoms with E-state index in [1.807, 2.05) is 13.1 Å². The van der Waals surface area contributed by atoms with E-state index in [2.05, 4.69) is 31.0 Å². The Morgan fingerprint density at radius 2 is 1.91 bits per heavy atom. The molecular weight excluding hydrogens is 133 g/mol. The minimum Gasteiger partial charge on any atom is -0.261 e. The number of hydrogen-bond acceptors (Lipinski definition) is 1. The molecule has 1 heterocycles. The number of rotatable bonds is 1. The summed E-state index contributed by atoms with van der Waals surface area (Å²) < 4.78 is 0. The Labute approximate surface area is 70.4 Å². The standard InChI is InChI=1S/C9H13N.B/c1-7(2)9-5-4-8(3)10-6-9;/h4-7H,1-3H3;. The Hall–Kier alpha value is -0.785. The highest BCUT2D eigenvalue weighted by molar-refractivity contribution is 5.75. The second kappa shape index (κ2) is 4.17. The van der Waals surface area contributed by atoms with Gasteiger partial charge in [-0.05, 0) is 24.5 Å². The molecule has 0 bridgehead atoms. The first-order chi connectivity index (χ1) is 4.70. The Morgan fingerprint density at radius 3 is 2.27 bits per heavy atom. The van der Waals surface area contributed by atoms with Crippen LogP contribution in [0.15, 0.2) is 18.3 Å². The van der Waals surface area contributed by atoms with Crippen molar-refractivity contribution in [2.24, 2.45) is 0 Å². The molecule has 0 aliphatic rings. The molecule has 0 fully saturated rings. The van der Waals surface area contributed by atoms with Gasteiger partial charge in [0.25, 0.3) is 0 Å². The SMILES string of the molecule is Cc1ccc(C(C)C)cn1.[B]. The highest BCUT2D eigenvalue weighted by atomic mass is 14.7. The molecule has 1 aromatic rings. The minimum absolute atomic E-state index is 0. The van der Waals surface area contributed by atoms with Gasteiger partial charge in [-0.2, -0.15) is 0 Å². The van der Waals surface area contributed by atoms with E-state index in [1.54, 1.807) is 0 Å². The van der Waals surface area contributed by atoms with Gasteiger partial charge in [-0.15, -0.1) is 0 Å². The molecule has 0 aromatic carbocycles. The largest absolute Gasteiger partial charge is 0.261 e. The first kappa shape index (κ1) is 10.2. The van der Waals surface area contributed by atoms with Crippen LogP contribution in [-0.2, 0) is 0 Å². The second-order valence-electron chi connectivity index (χ2n) is 2.89. The Bertz CT molecular complexity index is 203. The van der Waals surface area contributed by atoms with E-state index >= 15 is 0 Å². The van der Waals surface area contributed by atoms with Gasteiger partial charge >= 0.3 is 0 Å². The summed E-state index contributed by atoms with van der Waals surface area (Å²) in [5.41, 5.74) is 2.40. The van der Waals surface area contributed by atoms with Crippen LogP contribution in [0.25, 0.3) is 0 Å². The fourth-order valence-corrected chi connectivity index (χ4v) is 0.821. The summed E-state index contributed by atoms with van der Waals surface area (Å²) >= 11 is 0. The molecule has 0 aliphatic carbocycles. The van der Waals surface area contributed by atoms with Gasteiger partial charge < -0.3 is 0 Å². The van der Waals surface area contributed by atoms with Gasteiger partial charge in [0.1, 0.15) is 0 Å². The van der Waals surface area contributed by atoms with E-state index in [4.69, 9.17) is 0 Å². The molecule has 1 aromatic heterocycles. The predicted octanol–water partition coefficient (Wildman–Crippen LogP) is 2.13. The summed E-state index contributed by atoms with van der Waals surface area (Å²) in [6.07, 6.45) is 1.94. The van der Waals surface area contributed by atoms with Crippen LogP contribution in [0.2, 0.25) is 0 Å². The molecule has 0 unspecified atom stereocenters. The van der Waals surface area contributed by atoms with E-state index in [0.717, 1.165) is 5.69 Å². The van der Waals surface area contributed by atoms with Gasteiger partial charge in [-0.1, -0.05) is 19.9 Å². The summed E-state index contributed by atoms with van der Waals surface area (Å²) in [5, 5.41) is 0. The van der Waals surface area contributed by atoms with Crippen LogP contribution >= 0.6 is 0 Å². The third-order valence-electron chi connectivity index (χ3n) is 1.60. The van der Waals surface area contributed by atoms with Crippen molar-refractivity contribution in [1.29, 1.82) is 0 Å². The molecule has 0 atom stereocenters. The van der Waals surface area contributed by atoms with Crippen molar-refractivity contribution in [2.75, 3.05) is 0 Å². The summed E-state index contributed by atoms with van der Waals surface area (Å²) in [7, 11) is 0. The normalized spacial score (nSPS) is 9.45. The van der Waals surface area contributed by atoms with Crippen LogP contribution in [0.1, 0.15) is 31.0 Å². The van der Waals surface area contributed by atoms with Gasteiger partial charge in [0.2, 0.25) is 0 Å². The summed E-state index contributed by atoms with van der Waals surface area (Å²) in [6, 6.07) is 4.18. The maximum atomic E-state index is 4.20. The summed E-state index contributed by atoms with van der Waals surface area (Å²) in [6.45, 7) is 6.35. The quantitative estimate of drug-likeness (QED) is 0.553. The van der Waals surface area contributed by atoms with Crippen molar-refractivity contribution >= 4 is 8.41 Å². The van der Waals surface area contributed by atoms with E-state index in [1.165, 1.54) is 5.56 Å². The van der Waals surface area contributed by atoms with Crippen LogP contribution in [0.4, 0.5) is 0 Å². The van der Waals surface area contributed by atoms with E-state index in [0.29, 0.717) is 5.92 Å². The molecule has 1 nitrogen and oxygen atoms in total. The Balaban J connectivity index is 0.000001000. The lowest BCUT2D eigenvalue weighted by atomic mass is 10.1. The molecule has 57 valence electrons. The lowest BCUT2D eigenvalue weighted by Crippen LogP contribution is -1.88. The Kier molecular flexibility index (Phi) is 3.87. The maximum absolute atomic E-state index is 4.20. The topological polar surface area (TPSA) is 12.9 Å². The number of aromatic nitrogens is 1. The Morgan fingerprint density at radius 1 is 1.27 bits per heavy atom. The summed E-state index contributed by atoms with van der Waals surface area (Å²) in [5.74, 6) is 0.591. The van der Waals surface area contributed by atoms with Crippen molar-refractivity contribution in [3.63, 3.8) is 0 Å². The molecule has 11 heavy (non-hydrogen) atoms. The van der Waals surface area contributed by atoms with Crippen molar-refractivity contribution in [1.82, 2.24) is 4.98 Å². The lowest BCUT2D eigenvalue weighted by Gasteiger charge is -2.02. The molecular formula is C9H13BN. The molecule has 0 amide bonds. The first-order valence-electron chi connectivity index (χ1n) is 3.62. The zero-order valence-corrected chi connectivity index (χ0v) is 7.33. The molecule has 0 N–H and O–H groups in total. The molecule has 2 heteroatoms. The maximum Gasteiger partial charge on any atom is 0.0372 e. The highest BCUT2D eigenvalue weighted by Gasteiger charge is 1.96. The van der Waals surface area contributed by atoms with Crippen LogP contribution in [0.3, 0.4) is 0 Å². The van der Waals surface area contributed by atoms with Crippen LogP contribution < -0.4 is 0 Å². The molecule has 0 saturated heterocycles. The van der Waals surface area contributed by atoms with Crippen LogP contribution in [0.5, 0.6) is 0 Å². The number of nitrogens with zero attached hydrogens (tertiary/aromatic N) is 1. The molecule has 3 radical (unpaired) electrons. The molecule has 0 saturated carbocycles. The molecule has 1 rings (SSSR count). The second-order valence-corrected chi connectivity index (χ2v) is 2.89. The average Bonchev–Trinajstić information content (AvgIpc) is 1.88. The van der Waals surface area contributed by atoms with Crippen LogP contribution in [0, 0.1) is 6.92 Å². The van der Waals surface area contributed by atoms with E-state index in [9.17, 15) is 0 Å². The van der Waals surface area contributed by atoms with Crippen molar-refractivity contribution in [2.45, 2.75) is 26.7 Å². The highest BCUT2D eigenvalue weighted by Crippen LogP contribution is 2.11. The van der Waals surface area contributed by atoms with E-state index < -0.39 is 0 Å². The predicted molar refractivity (Wildman–Crippen MR) is 48.8 cm³/mol. The smallest absolute Gasteiger partial charge is 0.0372 e. The first-order valence-corrected chi connectivity index (χ1v) is 3.62. The minimum atomic E-state index is 0. The van der Waals surface area contributed by atoms with Crippen molar-refractivity contribution in [3.05, 3.63) is 29.6 Å². The van der Waals surface area contributed by atoms with Crippen LogP contribution in [-0.4, -0.2) is 13.4 Å². The fourth-order valence-electron chi connectivity index (χ4n) is 0.821. The zero-order valence-electron chi connectivity index (χ0n) is 7.33. The van der Waals surface area contributed by atoms with E-state index in [-0.39, 0.29) is 8.41 Å². The molecule has 0 aliphatic heterocycles. The third kappa shape index (κ3) is 2.75. The monoisotopic (exact) mass is 146 g/mol. The van der Waals surface area contributed by atoms with Gasteiger partial charge in [0, 0.05) is 20.3 Å². The van der Waals surface area contributed by atoms with Gasteiger partial charge in [0.05, 0.1) is 0 Å². The van der Waals surface area contributed by atoms with Crippen molar-refractivity contribution < 1.29 is 0 Å². The average molecular weight is 146 g/mol. The van der Waals surface area contributed by atoms with Gasteiger partial charge in [-0.3, -0.25) is 4.98 Å². The molecule has 0 spiro atoms. The summed E-state index contributed by atoms with van der Waals surface area (Å²) in [4.78, 5) is 4.20. The zero-order chi connectivity index (χ0) is 7.56. The van der Waals surface area contributed by atoms with Gasteiger partial charge in [0.15, 0.2) is 0 Å². The fraction of sp³-hybridized carbons (Fsp3) is 0.444. The third-order valence-corrected chi connectivity index (χ3v) is 1.60. The lowest BCUT2D eigenvalue weighted by molar-refractivity contribution is 0.855.